The molecule has 0 unspecified atom stereocenters. The number of carboxylic acids is 1. The molecule has 0 aromatic heterocycles. The fourth-order valence-corrected chi connectivity index (χ4v) is 3.38. The van der Waals surface area contributed by atoms with Crippen molar-refractivity contribution < 1.29 is 24.6 Å². The van der Waals surface area contributed by atoms with E-state index in [4.69, 9.17) is 5.11 Å². The predicted octanol–water partition coefficient (Wildman–Crippen LogP) is 2.65. The standard InChI is InChI=1S/C22H22N2O5/c1-23(2)16-10-8-14(9-11-16)19-18(20(27)15-6-4-3-5-7-15)21(28)22(29)24(19)13-12-17(25)26/h3-11,19,27H,12-13H2,1-2H3,(H,25,26)/t19-/m0/s1. The van der Waals surface area contributed by atoms with Gasteiger partial charge in [-0.1, -0.05) is 42.5 Å². The lowest BCUT2D eigenvalue weighted by molar-refractivity contribution is -0.142. The Labute approximate surface area is 168 Å². The highest BCUT2D eigenvalue weighted by Crippen LogP contribution is 2.39. The number of aliphatic hydroxyl groups is 1. The molecule has 0 radical (unpaired) electrons. The molecule has 7 heteroatoms. The van der Waals surface area contributed by atoms with Gasteiger partial charge in [0.15, 0.2) is 0 Å². The van der Waals surface area contributed by atoms with Crippen LogP contribution in [0.5, 0.6) is 0 Å². The first-order valence-corrected chi connectivity index (χ1v) is 9.14. The summed E-state index contributed by atoms with van der Waals surface area (Å²) in [5.74, 6) is -2.98. The van der Waals surface area contributed by atoms with Crippen LogP contribution >= 0.6 is 0 Å². The van der Waals surface area contributed by atoms with Crippen molar-refractivity contribution in [3.63, 3.8) is 0 Å². The summed E-state index contributed by atoms with van der Waals surface area (Å²) in [6.07, 6.45) is -0.301. The number of anilines is 1. The van der Waals surface area contributed by atoms with Crippen molar-refractivity contribution in [1.29, 1.82) is 0 Å². The molecule has 1 aliphatic heterocycles. The molecule has 0 bridgehead atoms. The third kappa shape index (κ3) is 3.99. The number of hydrogen-bond donors (Lipinski definition) is 2. The summed E-state index contributed by atoms with van der Waals surface area (Å²) in [5, 5.41) is 19.9. The van der Waals surface area contributed by atoms with Gasteiger partial charge < -0.3 is 20.0 Å². The molecule has 0 spiro atoms. The Balaban J connectivity index is 2.13. The second kappa shape index (κ2) is 8.18. The second-order valence-corrected chi connectivity index (χ2v) is 6.99. The third-order valence-electron chi connectivity index (χ3n) is 4.88. The summed E-state index contributed by atoms with van der Waals surface area (Å²) in [7, 11) is 3.78. The average Bonchev–Trinajstić information content (AvgIpc) is 2.97. The molecule has 1 aliphatic rings. The highest BCUT2D eigenvalue weighted by atomic mass is 16.4. The summed E-state index contributed by atoms with van der Waals surface area (Å²) in [6, 6.07) is 14.9. The van der Waals surface area contributed by atoms with Gasteiger partial charge in [-0.3, -0.25) is 14.4 Å². The molecule has 29 heavy (non-hydrogen) atoms. The summed E-state index contributed by atoms with van der Waals surface area (Å²) < 4.78 is 0. The maximum Gasteiger partial charge on any atom is 0.305 e. The van der Waals surface area contributed by atoms with Gasteiger partial charge in [-0.05, 0) is 17.7 Å². The molecule has 1 heterocycles. The molecular formula is C22H22N2O5. The SMILES string of the molecule is CN(C)c1ccc([C@H]2C(=C(O)c3ccccc3)C(=O)C(=O)N2CCC(=O)O)cc1. The van der Waals surface area contributed by atoms with E-state index in [0.717, 1.165) is 5.69 Å². The van der Waals surface area contributed by atoms with E-state index < -0.39 is 23.7 Å². The summed E-state index contributed by atoms with van der Waals surface area (Å²) >= 11 is 0. The number of hydrogen-bond acceptors (Lipinski definition) is 5. The molecule has 7 nitrogen and oxygen atoms in total. The number of carbonyl (C=O) groups excluding carboxylic acids is 2. The lowest BCUT2D eigenvalue weighted by Gasteiger charge is -2.25. The third-order valence-corrected chi connectivity index (χ3v) is 4.88. The molecule has 2 N–H and O–H groups in total. The topological polar surface area (TPSA) is 98.2 Å². The van der Waals surface area contributed by atoms with E-state index in [0.29, 0.717) is 11.1 Å². The van der Waals surface area contributed by atoms with Gasteiger partial charge >= 0.3 is 5.97 Å². The molecule has 1 atom stereocenters. The first kappa shape index (κ1) is 20.1. The maximum atomic E-state index is 12.8. The van der Waals surface area contributed by atoms with E-state index in [1.807, 2.05) is 31.1 Å². The van der Waals surface area contributed by atoms with Crippen LogP contribution in [0.25, 0.3) is 5.76 Å². The van der Waals surface area contributed by atoms with E-state index >= 15 is 0 Å². The summed E-state index contributed by atoms with van der Waals surface area (Å²) in [4.78, 5) is 39.6. The van der Waals surface area contributed by atoms with Gasteiger partial charge in [-0.15, -0.1) is 0 Å². The predicted molar refractivity (Wildman–Crippen MR) is 108 cm³/mol. The molecule has 1 amide bonds. The molecule has 1 fully saturated rings. The van der Waals surface area contributed by atoms with Crippen LogP contribution in [0.2, 0.25) is 0 Å². The van der Waals surface area contributed by atoms with Crippen LogP contribution in [0.15, 0.2) is 60.2 Å². The zero-order valence-electron chi connectivity index (χ0n) is 16.2. The number of amides is 1. The molecule has 150 valence electrons. The molecule has 2 aromatic rings. The van der Waals surface area contributed by atoms with Crippen LogP contribution in [0.1, 0.15) is 23.6 Å². The highest BCUT2D eigenvalue weighted by molar-refractivity contribution is 6.46. The van der Waals surface area contributed by atoms with Crippen molar-refractivity contribution >= 4 is 29.1 Å². The van der Waals surface area contributed by atoms with Crippen LogP contribution < -0.4 is 4.90 Å². The second-order valence-electron chi connectivity index (χ2n) is 6.99. The van der Waals surface area contributed by atoms with Crippen LogP contribution in [0.3, 0.4) is 0 Å². The Morgan fingerprint density at radius 2 is 1.62 bits per heavy atom. The van der Waals surface area contributed by atoms with Gasteiger partial charge in [0.25, 0.3) is 11.7 Å². The maximum absolute atomic E-state index is 12.8. The minimum Gasteiger partial charge on any atom is -0.507 e. The number of aliphatic carboxylic acids is 1. The fraction of sp³-hybridized carbons (Fsp3) is 0.227. The minimum absolute atomic E-state index is 0.0378. The smallest absolute Gasteiger partial charge is 0.305 e. The first-order valence-electron chi connectivity index (χ1n) is 9.14. The van der Waals surface area contributed by atoms with Crippen molar-refractivity contribution in [2.24, 2.45) is 0 Å². The number of aliphatic hydroxyl groups excluding tert-OH is 1. The van der Waals surface area contributed by atoms with Crippen molar-refractivity contribution in [3.8, 4) is 0 Å². The summed E-state index contributed by atoms with van der Waals surface area (Å²) in [5.41, 5.74) is 1.93. The van der Waals surface area contributed by atoms with Crippen LogP contribution in [-0.4, -0.2) is 53.4 Å². The van der Waals surface area contributed by atoms with Gasteiger partial charge in [-0.25, -0.2) is 0 Å². The molecule has 0 aliphatic carbocycles. The Kier molecular flexibility index (Phi) is 5.68. The van der Waals surface area contributed by atoms with E-state index in [-0.39, 0.29) is 24.3 Å². The van der Waals surface area contributed by atoms with E-state index in [1.54, 1.807) is 42.5 Å². The zero-order valence-corrected chi connectivity index (χ0v) is 16.2. The van der Waals surface area contributed by atoms with Gasteiger partial charge in [-0.2, -0.15) is 0 Å². The average molecular weight is 394 g/mol. The molecule has 0 saturated carbocycles. The highest BCUT2D eigenvalue weighted by Gasteiger charge is 2.46. The Morgan fingerprint density at radius 1 is 1.00 bits per heavy atom. The van der Waals surface area contributed by atoms with Crippen molar-refractivity contribution in [2.75, 3.05) is 25.5 Å². The number of benzene rings is 2. The lowest BCUT2D eigenvalue weighted by atomic mass is 9.95. The monoisotopic (exact) mass is 394 g/mol. The van der Waals surface area contributed by atoms with Crippen molar-refractivity contribution in [2.45, 2.75) is 12.5 Å². The van der Waals surface area contributed by atoms with E-state index in [9.17, 15) is 19.5 Å². The molecule has 3 rings (SSSR count). The number of likely N-dealkylation sites (tertiary alicyclic amines) is 1. The number of nitrogens with zero attached hydrogens (tertiary/aromatic N) is 2. The minimum atomic E-state index is -1.07. The van der Waals surface area contributed by atoms with Crippen LogP contribution in [-0.2, 0) is 14.4 Å². The molecule has 2 aromatic carbocycles. The normalized spacial score (nSPS) is 18.1. The zero-order chi connectivity index (χ0) is 21.1. The number of carboxylic acid groups (broad SMARTS) is 1. The van der Waals surface area contributed by atoms with Crippen LogP contribution in [0, 0.1) is 0 Å². The Hall–Kier alpha value is -3.61. The van der Waals surface area contributed by atoms with Gasteiger partial charge in [0, 0.05) is 31.9 Å². The largest absolute Gasteiger partial charge is 0.507 e. The first-order chi connectivity index (χ1) is 13.8. The summed E-state index contributed by atoms with van der Waals surface area (Å²) in [6.45, 7) is -0.133. The van der Waals surface area contributed by atoms with Crippen molar-refractivity contribution in [3.05, 3.63) is 71.3 Å². The number of rotatable bonds is 6. The van der Waals surface area contributed by atoms with Crippen molar-refractivity contribution in [1.82, 2.24) is 4.90 Å². The van der Waals surface area contributed by atoms with Gasteiger partial charge in [0.05, 0.1) is 18.0 Å². The number of carbonyl (C=O) groups is 3. The Bertz CT molecular complexity index is 964. The number of ketones is 1. The van der Waals surface area contributed by atoms with Gasteiger partial charge in [0.2, 0.25) is 0 Å². The van der Waals surface area contributed by atoms with E-state index in [1.165, 1.54) is 4.90 Å². The fourth-order valence-electron chi connectivity index (χ4n) is 3.38. The number of Topliss-reactive ketones (excluding diaryl/α,β-unsaturated/α-hetero) is 1. The quantitative estimate of drug-likeness (QED) is 0.444. The van der Waals surface area contributed by atoms with E-state index in [2.05, 4.69) is 0 Å². The Morgan fingerprint density at radius 3 is 2.17 bits per heavy atom. The lowest BCUT2D eigenvalue weighted by Crippen LogP contribution is -2.31. The molecule has 1 saturated heterocycles. The van der Waals surface area contributed by atoms with Crippen LogP contribution in [0.4, 0.5) is 5.69 Å². The molecular weight excluding hydrogens is 372 g/mol. The van der Waals surface area contributed by atoms with Gasteiger partial charge in [0.1, 0.15) is 5.76 Å².